The van der Waals surface area contributed by atoms with Crippen LogP contribution in [0, 0.1) is 10.1 Å². The molecule has 0 amide bonds. The lowest BCUT2D eigenvalue weighted by atomic mass is 10.2. The van der Waals surface area contributed by atoms with Gasteiger partial charge < -0.3 is 5.11 Å². The Morgan fingerprint density at radius 1 is 0.966 bits per heavy atom. The SMILES string of the molecule is O=C(O)c1ccccc1N=NC(=NNc1ccccc1)c1cccc([N+](=O)[O-])c1. The van der Waals surface area contributed by atoms with Crippen LogP contribution in [0.3, 0.4) is 0 Å². The van der Waals surface area contributed by atoms with Gasteiger partial charge in [-0.15, -0.1) is 10.2 Å². The van der Waals surface area contributed by atoms with Crippen LogP contribution >= 0.6 is 0 Å². The Hall–Kier alpha value is -4.40. The van der Waals surface area contributed by atoms with Gasteiger partial charge in [0.15, 0.2) is 0 Å². The minimum absolute atomic E-state index is 0.0225. The van der Waals surface area contributed by atoms with Gasteiger partial charge in [-0.05, 0) is 24.3 Å². The van der Waals surface area contributed by atoms with Crippen LogP contribution in [0.4, 0.5) is 17.1 Å². The summed E-state index contributed by atoms with van der Waals surface area (Å²) in [6.45, 7) is 0. The largest absolute Gasteiger partial charge is 0.478 e. The average molecular weight is 389 g/mol. The van der Waals surface area contributed by atoms with Crippen molar-refractivity contribution >= 4 is 28.9 Å². The molecule has 2 N–H and O–H groups in total. The number of non-ortho nitro benzene ring substituents is 1. The van der Waals surface area contributed by atoms with Crippen molar-refractivity contribution in [3.63, 3.8) is 0 Å². The van der Waals surface area contributed by atoms with Crippen LogP contribution in [0.5, 0.6) is 0 Å². The molecule has 0 atom stereocenters. The van der Waals surface area contributed by atoms with Crippen molar-refractivity contribution in [3.05, 3.63) is 100 Å². The summed E-state index contributed by atoms with van der Waals surface area (Å²) in [7, 11) is 0. The van der Waals surface area contributed by atoms with Crippen molar-refractivity contribution in [2.45, 2.75) is 0 Å². The molecule has 0 spiro atoms. The second-order valence-electron chi connectivity index (χ2n) is 5.74. The van der Waals surface area contributed by atoms with E-state index in [9.17, 15) is 20.0 Å². The number of amidine groups is 1. The van der Waals surface area contributed by atoms with Crippen LogP contribution in [0.1, 0.15) is 15.9 Å². The summed E-state index contributed by atoms with van der Waals surface area (Å²) in [4.78, 5) is 21.9. The summed E-state index contributed by atoms with van der Waals surface area (Å²) in [5, 5.41) is 32.6. The molecule has 9 nitrogen and oxygen atoms in total. The first-order chi connectivity index (χ1) is 14.0. The van der Waals surface area contributed by atoms with Crippen molar-refractivity contribution < 1.29 is 14.8 Å². The molecule has 0 heterocycles. The first-order valence-electron chi connectivity index (χ1n) is 8.42. The molecule has 0 bridgehead atoms. The third kappa shape index (κ3) is 5.07. The number of para-hydroxylation sites is 1. The zero-order valence-electron chi connectivity index (χ0n) is 15.0. The van der Waals surface area contributed by atoms with Crippen LogP contribution in [-0.2, 0) is 0 Å². The van der Waals surface area contributed by atoms with Crippen LogP contribution in [-0.4, -0.2) is 21.8 Å². The highest BCUT2D eigenvalue weighted by atomic mass is 16.6. The maximum absolute atomic E-state index is 11.3. The van der Waals surface area contributed by atoms with Gasteiger partial charge in [-0.3, -0.25) is 15.5 Å². The summed E-state index contributed by atoms with van der Waals surface area (Å²) >= 11 is 0. The minimum Gasteiger partial charge on any atom is -0.478 e. The summed E-state index contributed by atoms with van der Waals surface area (Å²) < 4.78 is 0. The number of aromatic carboxylic acids is 1. The lowest BCUT2D eigenvalue weighted by Gasteiger charge is -2.04. The predicted molar refractivity (Wildman–Crippen MR) is 108 cm³/mol. The Morgan fingerprint density at radius 3 is 2.41 bits per heavy atom. The molecule has 0 saturated heterocycles. The number of carboxylic acids is 1. The second kappa shape index (κ2) is 9.00. The van der Waals surface area contributed by atoms with E-state index in [-0.39, 0.29) is 22.8 Å². The monoisotopic (exact) mass is 389 g/mol. The van der Waals surface area contributed by atoms with E-state index in [1.54, 1.807) is 30.3 Å². The highest BCUT2D eigenvalue weighted by Crippen LogP contribution is 2.21. The number of benzene rings is 3. The minimum atomic E-state index is -1.14. The molecule has 29 heavy (non-hydrogen) atoms. The number of hydrogen-bond donors (Lipinski definition) is 2. The van der Waals surface area contributed by atoms with E-state index in [2.05, 4.69) is 20.8 Å². The van der Waals surface area contributed by atoms with Gasteiger partial charge in [0.05, 0.1) is 16.2 Å². The molecule has 0 unspecified atom stereocenters. The van der Waals surface area contributed by atoms with E-state index in [1.807, 2.05) is 18.2 Å². The Labute approximate surface area is 165 Å². The third-order valence-corrected chi connectivity index (χ3v) is 3.77. The number of anilines is 1. The molecule has 9 heteroatoms. The standard InChI is InChI=1S/C20H15N5O4/c26-20(27)17-11-4-5-12-18(17)22-24-19(23-21-15-8-2-1-3-9-15)14-7-6-10-16(13-14)25(28)29/h1-13,21H,(H,26,27). The molecule has 3 aromatic rings. The van der Waals surface area contributed by atoms with Crippen LogP contribution in [0.2, 0.25) is 0 Å². The predicted octanol–water partition coefficient (Wildman–Crippen LogP) is 4.85. The number of nitro benzene ring substituents is 1. The van der Waals surface area contributed by atoms with Gasteiger partial charge in [0.2, 0.25) is 5.84 Å². The van der Waals surface area contributed by atoms with Crippen molar-refractivity contribution in [2.24, 2.45) is 15.3 Å². The number of nitrogens with zero attached hydrogens (tertiary/aromatic N) is 4. The van der Waals surface area contributed by atoms with E-state index < -0.39 is 10.9 Å². The molecule has 0 aromatic heterocycles. The van der Waals surface area contributed by atoms with Gasteiger partial charge in [-0.1, -0.05) is 42.5 Å². The van der Waals surface area contributed by atoms with Gasteiger partial charge in [0.1, 0.15) is 5.69 Å². The Morgan fingerprint density at radius 2 is 1.69 bits per heavy atom. The Bertz CT molecular complexity index is 1100. The number of hydrazone groups is 1. The highest BCUT2D eigenvalue weighted by molar-refractivity contribution is 6.00. The number of nitro groups is 1. The summed E-state index contributed by atoms with van der Waals surface area (Å²) in [6, 6.07) is 20.9. The first-order valence-corrected chi connectivity index (χ1v) is 8.42. The molecule has 3 aromatic carbocycles. The Balaban J connectivity index is 2.00. The molecule has 0 fully saturated rings. The van der Waals surface area contributed by atoms with Crippen molar-refractivity contribution in [1.29, 1.82) is 0 Å². The van der Waals surface area contributed by atoms with Gasteiger partial charge in [-0.2, -0.15) is 5.10 Å². The lowest BCUT2D eigenvalue weighted by Crippen LogP contribution is -2.02. The molecule has 0 aliphatic carbocycles. The lowest BCUT2D eigenvalue weighted by molar-refractivity contribution is -0.384. The number of carboxylic acid groups (broad SMARTS) is 1. The number of rotatable bonds is 6. The zero-order chi connectivity index (χ0) is 20.6. The number of carbonyl (C=O) groups is 1. The van der Waals surface area contributed by atoms with Gasteiger partial charge in [0, 0.05) is 17.7 Å². The fourth-order valence-electron chi connectivity index (χ4n) is 2.38. The van der Waals surface area contributed by atoms with Gasteiger partial charge in [0.25, 0.3) is 5.69 Å². The summed E-state index contributed by atoms with van der Waals surface area (Å²) in [6.07, 6.45) is 0. The molecular weight excluding hydrogens is 374 g/mol. The molecule has 0 radical (unpaired) electrons. The maximum Gasteiger partial charge on any atom is 0.337 e. The molecule has 144 valence electrons. The van der Waals surface area contributed by atoms with E-state index in [0.717, 1.165) is 0 Å². The molecular formula is C20H15N5O4. The number of hydrogen-bond acceptors (Lipinski definition) is 6. The average Bonchev–Trinajstić information content (AvgIpc) is 2.74. The second-order valence-corrected chi connectivity index (χ2v) is 5.74. The summed E-state index contributed by atoms with van der Waals surface area (Å²) in [5.74, 6) is -1.09. The van der Waals surface area contributed by atoms with E-state index in [0.29, 0.717) is 11.3 Å². The first kappa shape index (κ1) is 19.4. The Kier molecular flexibility index (Phi) is 6.01. The highest BCUT2D eigenvalue weighted by Gasteiger charge is 2.12. The quantitative estimate of drug-likeness (QED) is 0.205. The smallest absolute Gasteiger partial charge is 0.337 e. The van der Waals surface area contributed by atoms with Crippen molar-refractivity contribution in [3.8, 4) is 0 Å². The topological polar surface area (TPSA) is 130 Å². The van der Waals surface area contributed by atoms with Crippen molar-refractivity contribution in [1.82, 2.24) is 0 Å². The van der Waals surface area contributed by atoms with Gasteiger partial charge >= 0.3 is 5.97 Å². The number of azo groups is 1. The van der Waals surface area contributed by atoms with E-state index in [4.69, 9.17) is 0 Å². The molecule has 0 aliphatic rings. The molecule has 3 rings (SSSR count). The van der Waals surface area contributed by atoms with Gasteiger partial charge in [-0.25, -0.2) is 4.79 Å². The fraction of sp³-hybridized carbons (Fsp3) is 0. The van der Waals surface area contributed by atoms with Crippen LogP contribution < -0.4 is 5.43 Å². The third-order valence-electron chi connectivity index (χ3n) is 3.77. The van der Waals surface area contributed by atoms with E-state index >= 15 is 0 Å². The van der Waals surface area contributed by atoms with E-state index in [1.165, 1.54) is 30.3 Å². The van der Waals surface area contributed by atoms with Crippen molar-refractivity contribution in [2.75, 3.05) is 5.43 Å². The summed E-state index contributed by atoms with van der Waals surface area (Å²) in [5.41, 5.74) is 3.82. The molecule has 0 saturated carbocycles. The fourth-order valence-corrected chi connectivity index (χ4v) is 2.38. The van der Waals surface area contributed by atoms with Crippen LogP contribution in [0.15, 0.2) is 94.2 Å². The number of nitrogens with one attached hydrogen (secondary N) is 1. The zero-order valence-corrected chi connectivity index (χ0v) is 15.0. The molecule has 0 aliphatic heterocycles. The van der Waals surface area contributed by atoms with Crippen LogP contribution in [0.25, 0.3) is 0 Å². The normalized spacial score (nSPS) is 11.4. The maximum atomic E-state index is 11.3.